The second kappa shape index (κ2) is 66.8. The molecule has 0 amide bonds. The Morgan fingerprint density at radius 3 is 0.835 bits per heavy atom. The molecule has 0 aliphatic heterocycles. The van der Waals surface area contributed by atoms with Gasteiger partial charge in [-0.25, -0.2) is 0 Å². The highest BCUT2D eigenvalue weighted by Gasteiger charge is 2.19. The minimum atomic E-state index is -0.808. The average Bonchev–Trinajstić information content (AvgIpc) is 3.45. The molecule has 0 heterocycles. The fourth-order valence-corrected chi connectivity index (χ4v) is 9.52. The zero-order valence-electron chi connectivity index (χ0n) is 52.1. The van der Waals surface area contributed by atoms with Gasteiger partial charge in [0.15, 0.2) is 6.10 Å². The molecule has 1 unspecified atom stereocenters. The molecule has 79 heavy (non-hydrogen) atoms. The minimum Gasteiger partial charge on any atom is -0.462 e. The maximum Gasteiger partial charge on any atom is 0.306 e. The van der Waals surface area contributed by atoms with Crippen molar-refractivity contribution in [2.45, 2.75) is 335 Å². The highest BCUT2D eigenvalue weighted by molar-refractivity contribution is 5.71. The second-order valence-electron chi connectivity index (χ2n) is 22.4. The van der Waals surface area contributed by atoms with E-state index >= 15 is 0 Å². The van der Waals surface area contributed by atoms with Crippen LogP contribution < -0.4 is 0 Å². The molecule has 0 saturated carbocycles. The first-order valence-electron chi connectivity index (χ1n) is 33.7. The highest BCUT2D eigenvalue weighted by Crippen LogP contribution is 2.17. The summed E-state index contributed by atoms with van der Waals surface area (Å²) in [5.41, 5.74) is 0. The maximum atomic E-state index is 12.9. The molecule has 0 aromatic carbocycles. The molecular weight excluding hydrogens is 973 g/mol. The molecule has 0 saturated heterocycles. The van der Waals surface area contributed by atoms with Gasteiger partial charge in [-0.2, -0.15) is 0 Å². The predicted octanol–water partition coefficient (Wildman–Crippen LogP) is 23.2. The molecule has 454 valence electrons. The first-order valence-corrected chi connectivity index (χ1v) is 33.7. The number of rotatable bonds is 61. The van der Waals surface area contributed by atoms with E-state index in [9.17, 15) is 14.4 Å². The van der Waals surface area contributed by atoms with Crippen molar-refractivity contribution in [3.8, 4) is 0 Å². The van der Waals surface area contributed by atoms with Crippen LogP contribution in [0.15, 0.2) is 97.2 Å². The molecule has 0 bridgehead atoms. The first-order chi connectivity index (χ1) is 39.0. The minimum absolute atomic E-state index is 0.0978. The fraction of sp³-hybridized carbons (Fsp3) is 0.740. The van der Waals surface area contributed by atoms with Crippen LogP contribution in [0.4, 0.5) is 0 Å². The summed E-state index contributed by atoms with van der Waals surface area (Å²) in [6.07, 6.45) is 90.0. The maximum absolute atomic E-state index is 12.9. The lowest BCUT2D eigenvalue weighted by molar-refractivity contribution is -0.167. The normalized spacial score (nSPS) is 12.7. The van der Waals surface area contributed by atoms with Crippen molar-refractivity contribution < 1.29 is 28.6 Å². The van der Waals surface area contributed by atoms with Crippen LogP contribution in [0.25, 0.3) is 0 Å². The van der Waals surface area contributed by atoms with E-state index in [4.69, 9.17) is 14.2 Å². The van der Waals surface area contributed by atoms with E-state index in [1.54, 1.807) is 0 Å². The Labute approximate surface area is 489 Å². The van der Waals surface area contributed by atoms with Crippen molar-refractivity contribution in [1.82, 2.24) is 0 Å². The molecule has 0 aromatic heterocycles. The highest BCUT2D eigenvalue weighted by atomic mass is 16.6. The van der Waals surface area contributed by atoms with E-state index in [2.05, 4.69) is 118 Å². The van der Waals surface area contributed by atoms with Gasteiger partial charge in [-0.1, -0.05) is 311 Å². The van der Waals surface area contributed by atoms with Crippen LogP contribution in [-0.2, 0) is 28.6 Å². The van der Waals surface area contributed by atoms with Gasteiger partial charge in [0.25, 0.3) is 0 Å². The quantitative estimate of drug-likeness (QED) is 0.0261. The Kier molecular flexibility index (Phi) is 63.7. The van der Waals surface area contributed by atoms with E-state index in [0.29, 0.717) is 19.3 Å². The van der Waals surface area contributed by atoms with Crippen molar-refractivity contribution in [3.63, 3.8) is 0 Å². The lowest BCUT2D eigenvalue weighted by atomic mass is 10.0. The SMILES string of the molecule is CC/C=C\C/C=C\C/C=C\C/C=C\C/C=C\C/C=C\CCCCC(=O)OC(COC(=O)CCCCCCC/C=C\C/C=C\CCCC)COC(=O)CCCCCCCCCCCCCCCCCCCCCCCCCCCC. The number of hydrogen-bond acceptors (Lipinski definition) is 6. The van der Waals surface area contributed by atoms with E-state index in [1.807, 2.05) is 0 Å². The smallest absolute Gasteiger partial charge is 0.306 e. The molecule has 0 aliphatic carbocycles. The third-order valence-electron chi connectivity index (χ3n) is 14.6. The third kappa shape index (κ3) is 65.0. The Morgan fingerprint density at radius 1 is 0.266 bits per heavy atom. The zero-order chi connectivity index (χ0) is 57.1. The van der Waals surface area contributed by atoms with Crippen molar-refractivity contribution in [2.75, 3.05) is 13.2 Å². The second-order valence-corrected chi connectivity index (χ2v) is 22.4. The molecule has 6 nitrogen and oxygen atoms in total. The largest absolute Gasteiger partial charge is 0.462 e. The lowest BCUT2D eigenvalue weighted by Gasteiger charge is -2.18. The Hall–Kier alpha value is -3.67. The molecule has 0 aromatic rings. The number of esters is 3. The molecule has 6 heteroatoms. The predicted molar refractivity (Wildman–Crippen MR) is 344 cm³/mol. The van der Waals surface area contributed by atoms with Crippen LogP contribution in [0.1, 0.15) is 329 Å². The average molecular weight is 1100 g/mol. The van der Waals surface area contributed by atoms with Crippen molar-refractivity contribution in [1.29, 1.82) is 0 Å². The van der Waals surface area contributed by atoms with Gasteiger partial charge in [-0.3, -0.25) is 14.4 Å². The van der Waals surface area contributed by atoms with Crippen LogP contribution in [0.2, 0.25) is 0 Å². The number of allylic oxidation sites excluding steroid dienone is 16. The van der Waals surface area contributed by atoms with Crippen molar-refractivity contribution in [3.05, 3.63) is 97.2 Å². The molecular formula is C73H126O6. The van der Waals surface area contributed by atoms with E-state index in [0.717, 1.165) is 116 Å². The Morgan fingerprint density at radius 2 is 0.506 bits per heavy atom. The van der Waals surface area contributed by atoms with Gasteiger partial charge < -0.3 is 14.2 Å². The summed E-state index contributed by atoms with van der Waals surface area (Å²) in [5.74, 6) is -0.944. The molecule has 0 spiro atoms. The number of hydrogen-bond donors (Lipinski definition) is 0. The summed E-state index contributed by atoms with van der Waals surface area (Å²) in [7, 11) is 0. The van der Waals surface area contributed by atoms with Gasteiger partial charge >= 0.3 is 17.9 Å². The van der Waals surface area contributed by atoms with Gasteiger partial charge in [0, 0.05) is 19.3 Å². The van der Waals surface area contributed by atoms with Crippen molar-refractivity contribution in [2.24, 2.45) is 0 Å². The molecule has 0 radical (unpaired) electrons. The van der Waals surface area contributed by atoms with Crippen LogP contribution in [-0.4, -0.2) is 37.2 Å². The summed E-state index contributed by atoms with van der Waals surface area (Å²) in [6.45, 7) is 6.48. The van der Waals surface area contributed by atoms with E-state index in [-0.39, 0.29) is 37.5 Å². The van der Waals surface area contributed by atoms with Crippen LogP contribution in [0.3, 0.4) is 0 Å². The summed E-state index contributed by atoms with van der Waals surface area (Å²) in [5, 5.41) is 0. The summed E-state index contributed by atoms with van der Waals surface area (Å²) >= 11 is 0. The van der Waals surface area contributed by atoms with Crippen molar-refractivity contribution >= 4 is 17.9 Å². The van der Waals surface area contributed by atoms with E-state index in [1.165, 1.54) is 167 Å². The number of ether oxygens (including phenoxy) is 3. The number of carbonyl (C=O) groups excluding carboxylic acids is 3. The summed E-state index contributed by atoms with van der Waals surface area (Å²) in [6, 6.07) is 0. The zero-order valence-corrected chi connectivity index (χ0v) is 52.1. The summed E-state index contributed by atoms with van der Waals surface area (Å²) < 4.78 is 16.9. The standard InChI is InChI=1S/C73H126O6/c1-4-7-10-13-16-19-22-25-28-30-32-34-35-36-37-38-40-41-43-45-48-51-54-57-60-63-66-72(75)78-69-70(68-77-71(74)65-62-59-56-53-50-47-27-24-21-18-15-12-9-6-3)79-73(76)67-64-61-58-55-52-49-46-44-42-39-33-31-29-26-23-20-17-14-11-8-5-2/h8,11,15,17-18,20,24,26-27,29,33,39,44,46,52,55,70H,4-7,9-10,12-14,16,19,21-23,25,28,30-32,34-38,40-43,45,47-51,53-54,56-69H2,1-3H3/b11-8-,18-15-,20-17-,27-24-,29-26-,39-33-,46-44-,55-52-. The van der Waals surface area contributed by atoms with Crippen LogP contribution in [0.5, 0.6) is 0 Å². The van der Waals surface area contributed by atoms with Gasteiger partial charge in [-0.05, 0) is 96.3 Å². The molecule has 0 aliphatic rings. The molecule has 0 rings (SSSR count). The first kappa shape index (κ1) is 75.3. The van der Waals surface area contributed by atoms with Gasteiger partial charge in [-0.15, -0.1) is 0 Å². The fourth-order valence-electron chi connectivity index (χ4n) is 9.52. The topological polar surface area (TPSA) is 78.9 Å². The number of carbonyl (C=O) groups is 3. The third-order valence-corrected chi connectivity index (χ3v) is 14.6. The van der Waals surface area contributed by atoms with Crippen LogP contribution in [0, 0.1) is 0 Å². The van der Waals surface area contributed by atoms with Crippen LogP contribution >= 0.6 is 0 Å². The monoisotopic (exact) mass is 1100 g/mol. The van der Waals surface area contributed by atoms with E-state index < -0.39 is 6.10 Å². The van der Waals surface area contributed by atoms with Gasteiger partial charge in [0.1, 0.15) is 13.2 Å². The lowest BCUT2D eigenvalue weighted by Crippen LogP contribution is -2.30. The Bertz CT molecular complexity index is 1540. The Balaban J connectivity index is 4.35. The molecule has 0 N–H and O–H groups in total. The summed E-state index contributed by atoms with van der Waals surface area (Å²) in [4.78, 5) is 38.3. The molecule has 0 fully saturated rings. The van der Waals surface area contributed by atoms with Gasteiger partial charge in [0.2, 0.25) is 0 Å². The van der Waals surface area contributed by atoms with Gasteiger partial charge in [0.05, 0.1) is 0 Å². The number of unbranched alkanes of at least 4 members (excludes halogenated alkanes) is 34. The molecule has 1 atom stereocenters.